The predicted octanol–water partition coefficient (Wildman–Crippen LogP) is 1.67. The average molecular weight is 197 g/mol. The van der Waals surface area contributed by atoms with Crippen LogP contribution in [-0.4, -0.2) is 34.4 Å². The van der Waals surface area contributed by atoms with Crippen LogP contribution in [0.1, 0.15) is 20.8 Å². The van der Waals surface area contributed by atoms with Gasteiger partial charge in [-0.2, -0.15) is 0 Å². The zero-order chi connectivity index (χ0) is 9.59. The number of hydrogen-bond acceptors (Lipinski definition) is 2. The van der Waals surface area contributed by atoms with E-state index in [1.807, 2.05) is 16.7 Å². The summed E-state index contributed by atoms with van der Waals surface area (Å²) in [5.41, 5.74) is 2.47. The normalized spacial score (nSPS) is 27.8. The summed E-state index contributed by atoms with van der Waals surface area (Å²) < 4.78 is 0. The van der Waals surface area contributed by atoms with E-state index in [9.17, 15) is 4.79 Å². The lowest BCUT2D eigenvalue weighted by atomic mass is 10.1. The third-order valence-corrected chi connectivity index (χ3v) is 4.02. The lowest BCUT2D eigenvalue weighted by molar-refractivity contribution is -0.126. The molecule has 0 aliphatic carbocycles. The Morgan fingerprint density at radius 2 is 2.23 bits per heavy atom. The molecule has 2 aliphatic heterocycles. The first-order valence-electron chi connectivity index (χ1n) is 4.75. The molecule has 0 aromatic rings. The van der Waals surface area contributed by atoms with Gasteiger partial charge in [0.15, 0.2) is 0 Å². The molecule has 13 heavy (non-hydrogen) atoms. The predicted molar refractivity (Wildman–Crippen MR) is 55.8 cm³/mol. The number of carbonyl (C=O) groups excluding carboxylic acids is 1. The molecule has 1 unspecified atom stereocenters. The highest BCUT2D eigenvalue weighted by atomic mass is 32.2. The molecule has 0 aromatic heterocycles. The highest BCUT2D eigenvalue weighted by molar-refractivity contribution is 8.00. The molecule has 0 aromatic carbocycles. The first kappa shape index (κ1) is 9.13. The van der Waals surface area contributed by atoms with Gasteiger partial charge in [0.25, 0.3) is 5.91 Å². The molecule has 0 spiro atoms. The molecule has 0 saturated heterocycles. The maximum Gasteiger partial charge on any atom is 0.251 e. The van der Waals surface area contributed by atoms with E-state index in [1.165, 1.54) is 5.57 Å². The van der Waals surface area contributed by atoms with Crippen molar-refractivity contribution in [2.24, 2.45) is 0 Å². The van der Waals surface area contributed by atoms with Crippen molar-refractivity contribution in [3.8, 4) is 0 Å². The van der Waals surface area contributed by atoms with Crippen LogP contribution in [0.5, 0.6) is 0 Å². The van der Waals surface area contributed by atoms with Crippen LogP contribution in [0, 0.1) is 0 Å². The van der Waals surface area contributed by atoms with E-state index in [-0.39, 0.29) is 5.91 Å². The summed E-state index contributed by atoms with van der Waals surface area (Å²) >= 11 is 1.89. The smallest absolute Gasteiger partial charge is 0.251 e. The Labute approximate surface area is 83.4 Å². The molecule has 2 heterocycles. The number of rotatable bonds is 1. The van der Waals surface area contributed by atoms with Gasteiger partial charge in [-0.3, -0.25) is 4.79 Å². The van der Waals surface area contributed by atoms with E-state index < -0.39 is 0 Å². The van der Waals surface area contributed by atoms with Crippen LogP contribution in [0.15, 0.2) is 11.1 Å². The Morgan fingerprint density at radius 1 is 1.54 bits per heavy atom. The Morgan fingerprint density at radius 3 is 2.77 bits per heavy atom. The van der Waals surface area contributed by atoms with Gasteiger partial charge in [0, 0.05) is 29.2 Å². The van der Waals surface area contributed by atoms with Crippen molar-refractivity contribution < 1.29 is 4.79 Å². The SMILES string of the molecule is CC1SCC2=C1C(=O)N(C(C)C)C2. The third-order valence-electron chi connectivity index (χ3n) is 2.77. The van der Waals surface area contributed by atoms with Crippen LogP contribution in [0.4, 0.5) is 0 Å². The first-order valence-corrected chi connectivity index (χ1v) is 5.80. The second-order valence-electron chi connectivity index (χ2n) is 4.00. The summed E-state index contributed by atoms with van der Waals surface area (Å²) in [4.78, 5) is 13.9. The average Bonchev–Trinajstić information content (AvgIpc) is 2.55. The van der Waals surface area contributed by atoms with Crippen LogP contribution < -0.4 is 0 Å². The van der Waals surface area contributed by atoms with Crippen molar-refractivity contribution in [2.75, 3.05) is 12.3 Å². The highest BCUT2D eigenvalue weighted by Gasteiger charge is 2.38. The van der Waals surface area contributed by atoms with E-state index in [4.69, 9.17) is 0 Å². The summed E-state index contributed by atoms with van der Waals surface area (Å²) in [6.07, 6.45) is 0. The van der Waals surface area contributed by atoms with Gasteiger partial charge in [-0.15, -0.1) is 11.8 Å². The lowest BCUT2D eigenvalue weighted by Crippen LogP contribution is -2.35. The van der Waals surface area contributed by atoms with Gasteiger partial charge in [0.1, 0.15) is 0 Å². The number of hydrogen-bond donors (Lipinski definition) is 0. The lowest BCUT2D eigenvalue weighted by Gasteiger charge is -2.23. The second kappa shape index (κ2) is 3.05. The minimum absolute atomic E-state index is 0.280. The van der Waals surface area contributed by atoms with Gasteiger partial charge in [-0.05, 0) is 26.3 Å². The number of thioether (sulfide) groups is 1. The standard InChI is InChI=1S/C10H15NOS/c1-6(2)11-4-8-5-13-7(3)9(8)10(11)12/h6-7H,4-5H2,1-3H3. The molecule has 0 fully saturated rings. The number of nitrogens with zero attached hydrogens (tertiary/aromatic N) is 1. The molecule has 0 radical (unpaired) electrons. The van der Waals surface area contributed by atoms with Gasteiger partial charge >= 0.3 is 0 Å². The fraction of sp³-hybridized carbons (Fsp3) is 0.700. The zero-order valence-corrected chi connectivity index (χ0v) is 9.15. The largest absolute Gasteiger partial charge is 0.332 e. The van der Waals surface area contributed by atoms with Crippen LogP contribution in [0.3, 0.4) is 0 Å². The number of amides is 1. The van der Waals surface area contributed by atoms with E-state index in [0.29, 0.717) is 11.3 Å². The van der Waals surface area contributed by atoms with E-state index in [2.05, 4.69) is 20.8 Å². The highest BCUT2D eigenvalue weighted by Crippen LogP contribution is 2.38. The minimum Gasteiger partial charge on any atom is -0.332 e. The molecule has 1 amide bonds. The number of carbonyl (C=O) groups is 1. The van der Waals surface area contributed by atoms with Gasteiger partial charge in [0.2, 0.25) is 0 Å². The van der Waals surface area contributed by atoms with Gasteiger partial charge < -0.3 is 4.90 Å². The molecule has 0 N–H and O–H groups in total. The molecule has 72 valence electrons. The maximum atomic E-state index is 11.9. The van der Waals surface area contributed by atoms with Gasteiger partial charge in [-0.1, -0.05) is 0 Å². The fourth-order valence-corrected chi connectivity index (χ4v) is 3.11. The first-order chi connectivity index (χ1) is 6.11. The maximum absolute atomic E-state index is 11.9. The summed E-state index contributed by atoms with van der Waals surface area (Å²) in [6.45, 7) is 7.17. The Bertz CT molecular complexity index is 283. The van der Waals surface area contributed by atoms with Crippen LogP contribution in [-0.2, 0) is 4.79 Å². The molecule has 3 heteroatoms. The van der Waals surface area contributed by atoms with Crippen molar-refractivity contribution >= 4 is 17.7 Å². The minimum atomic E-state index is 0.280. The Kier molecular flexibility index (Phi) is 2.14. The quantitative estimate of drug-likeness (QED) is 0.637. The molecule has 0 saturated carbocycles. The Hall–Kier alpha value is -0.440. The molecular weight excluding hydrogens is 182 g/mol. The summed E-state index contributed by atoms with van der Waals surface area (Å²) in [6, 6.07) is 0.343. The topological polar surface area (TPSA) is 20.3 Å². The van der Waals surface area contributed by atoms with Crippen molar-refractivity contribution in [1.29, 1.82) is 0 Å². The second-order valence-corrected chi connectivity index (χ2v) is 5.33. The van der Waals surface area contributed by atoms with Crippen molar-refractivity contribution in [3.63, 3.8) is 0 Å². The van der Waals surface area contributed by atoms with Crippen LogP contribution in [0.2, 0.25) is 0 Å². The monoisotopic (exact) mass is 197 g/mol. The summed E-state index contributed by atoms with van der Waals surface area (Å²) in [7, 11) is 0. The van der Waals surface area contributed by atoms with E-state index >= 15 is 0 Å². The molecule has 0 bridgehead atoms. The fourth-order valence-electron chi connectivity index (χ4n) is 1.98. The van der Waals surface area contributed by atoms with E-state index in [1.54, 1.807) is 0 Å². The molecule has 1 atom stereocenters. The Balaban J connectivity index is 2.22. The summed E-state index contributed by atoms with van der Waals surface area (Å²) in [5.74, 6) is 1.34. The van der Waals surface area contributed by atoms with Crippen molar-refractivity contribution in [1.82, 2.24) is 4.90 Å². The molecule has 2 aliphatic rings. The van der Waals surface area contributed by atoms with Crippen LogP contribution in [0.25, 0.3) is 0 Å². The summed E-state index contributed by atoms with van der Waals surface area (Å²) in [5, 5.41) is 0.422. The van der Waals surface area contributed by atoms with Crippen molar-refractivity contribution in [3.05, 3.63) is 11.1 Å². The molecule has 2 nitrogen and oxygen atoms in total. The van der Waals surface area contributed by atoms with Gasteiger partial charge in [0.05, 0.1) is 0 Å². The molecule has 2 rings (SSSR count). The zero-order valence-electron chi connectivity index (χ0n) is 8.33. The third kappa shape index (κ3) is 1.30. The van der Waals surface area contributed by atoms with E-state index in [0.717, 1.165) is 17.9 Å². The van der Waals surface area contributed by atoms with Crippen LogP contribution >= 0.6 is 11.8 Å². The van der Waals surface area contributed by atoms with Crippen molar-refractivity contribution in [2.45, 2.75) is 32.1 Å². The van der Waals surface area contributed by atoms with Gasteiger partial charge in [-0.25, -0.2) is 0 Å². The molecular formula is C10H15NOS.